The first-order valence-corrected chi connectivity index (χ1v) is 6.96. The van der Waals surface area contributed by atoms with E-state index in [-0.39, 0.29) is 0 Å². The van der Waals surface area contributed by atoms with Crippen LogP contribution in [0, 0.1) is 6.92 Å². The van der Waals surface area contributed by atoms with E-state index >= 15 is 0 Å². The molecule has 1 atom stereocenters. The van der Waals surface area contributed by atoms with E-state index in [9.17, 15) is 0 Å². The van der Waals surface area contributed by atoms with Crippen LogP contribution in [0.3, 0.4) is 0 Å². The third kappa shape index (κ3) is 2.38. The van der Waals surface area contributed by atoms with Crippen molar-refractivity contribution in [1.29, 1.82) is 0 Å². The zero-order valence-electron chi connectivity index (χ0n) is 12.9. The van der Waals surface area contributed by atoms with Gasteiger partial charge in [0.05, 0.1) is 18.4 Å². The molecule has 2 aromatic rings. The number of rotatable bonds is 4. The number of hydrogen-bond donors (Lipinski definition) is 1. The van der Waals surface area contributed by atoms with Crippen molar-refractivity contribution < 1.29 is 4.74 Å². The first kappa shape index (κ1) is 14.4. The van der Waals surface area contributed by atoms with Crippen molar-refractivity contribution in [3.05, 3.63) is 29.5 Å². The van der Waals surface area contributed by atoms with Gasteiger partial charge in [-0.25, -0.2) is 0 Å². The molecule has 0 aliphatic rings. The Kier molecular flexibility index (Phi) is 4.02. The first-order chi connectivity index (χ1) is 9.49. The fraction of sp³-hybridized carbons (Fsp3) is 0.438. The molecule has 0 bridgehead atoms. The molecule has 4 nitrogen and oxygen atoms in total. The van der Waals surface area contributed by atoms with E-state index in [2.05, 4.69) is 31.9 Å². The second-order valence-corrected chi connectivity index (χ2v) is 5.28. The Morgan fingerprint density at radius 2 is 2.10 bits per heavy atom. The molecule has 0 radical (unpaired) electrons. The summed E-state index contributed by atoms with van der Waals surface area (Å²) in [5.41, 5.74) is 10.5. The van der Waals surface area contributed by atoms with Crippen LogP contribution in [-0.4, -0.2) is 16.9 Å². The van der Waals surface area contributed by atoms with Crippen LogP contribution in [-0.2, 0) is 7.05 Å². The van der Waals surface area contributed by atoms with Gasteiger partial charge in [-0.15, -0.1) is 0 Å². The highest BCUT2D eigenvalue weighted by Crippen LogP contribution is 2.39. The molecule has 1 unspecified atom stereocenters. The highest BCUT2D eigenvalue weighted by molar-refractivity contribution is 5.81. The lowest BCUT2D eigenvalue weighted by Gasteiger charge is -2.13. The van der Waals surface area contributed by atoms with Gasteiger partial charge in [-0.2, -0.15) is 5.10 Å². The Labute approximate surface area is 120 Å². The molecule has 4 heteroatoms. The Morgan fingerprint density at radius 3 is 2.70 bits per heavy atom. The van der Waals surface area contributed by atoms with Gasteiger partial charge in [-0.3, -0.25) is 4.68 Å². The molecular weight excluding hydrogens is 250 g/mol. The van der Waals surface area contributed by atoms with E-state index in [1.807, 2.05) is 19.2 Å². The van der Waals surface area contributed by atoms with E-state index in [0.29, 0.717) is 11.7 Å². The van der Waals surface area contributed by atoms with Crippen molar-refractivity contribution in [2.45, 2.75) is 33.1 Å². The number of benzene rings is 1. The van der Waals surface area contributed by atoms with Gasteiger partial charge in [0.1, 0.15) is 11.6 Å². The fourth-order valence-electron chi connectivity index (χ4n) is 2.39. The summed E-state index contributed by atoms with van der Waals surface area (Å²) in [6.45, 7) is 6.40. The zero-order valence-corrected chi connectivity index (χ0v) is 12.9. The second-order valence-electron chi connectivity index (χ2n) is 5.28. The van der Waals surface area contributed by atoms with Gasteiger partial charge in [0.2, 0.25) is 0 Å². The molecule has 2 N–H and O–H groups in total. The molecule has 0 aliphatic carbocycles. The van der Waals surface area contributed by atoms with Crippen LogP contribution in [0.1, 0.15) is 37.4 Å². The molecule has 0 spiro atoms. The largest absolute Gasteiger partial charge is 0.496 e. The summed E-state index contributed by atoms with van der Waals surface area (Å²) in [7, 11) is 3.57. The standard InChI is InChI=1S/C16H23N3O/c1-6-11(3)15-14(16(17)19(4)18-15)12-9-10(2)7-8-13(12)20-5/h7-9,11H,6,17H2,1-5H3. The minimum absolute atomic E-state index is 0.360. The van der Waals surface area contributed by atoms with Crippen molar-refractivity contribution in [2.24, 2.45) is 7.05 Å². The minimum atomic E-state index is 0.360. The van der Waals surface area contributed by atoms with Crippen molar-refractivity contribution in [3.8, 4) is 16.9 Å². The molecule has 108 valence electrons. The van der Waals surface area contributed by atoms with Crippen molar-refractivity contribution in [3.63, 3.8) is 0 Å². The maximum Gasteiger partial charge on any atom is 0.129 e. The van der Waals surface area contributed by atoms with Gasteiger partial charge in [0, 0.05) is 18.5 Å². The number of hydrogen-bond acceptors (Lipinski definition) is 3. The number of nitrogens with zero attached hydrogens (tertiary/aromatic N) is 2. The third-order valence-electron chi connectivity index (χ3n) is 3.82. The van der Waals surface area contributed by atoms with E-state index in [0.717, 1.165) is 29.0 Å². The number of aryl methyl sites for hydroxylation is 2. The van der Waals surface area contributed by atoms with Crippen molar-refractivity contribution in [1.82, 2.24) is 9.78 Å². The maximum atomic E-state index is 6.25. The lowest BCUT2D eigenvalue weighted by atomic mass is 9.95. The maximum absolute atomic E-state index is 6.25. The predicted octanol–water partition coefficient (Wildman–Crippen LogP) is 3.50. The summed E-state index contributed by atoms with van der Waals surface area (Å²) in [5.74, 6) is 1.88. The molecule has 1 aromatic carbocycles. The molecular formula is C16H23N3O. The summed E-state index contributed by atoms with van der Waals surface area (Å²) >= 11 is 0. The Hall–Kier alpha value is -1.97. The molecule has 20 heavy (non-hydrogen) atoms. The molecule has 1 aromatic heterocycles. The van der Waals surface area contributed by atoms with Crippen LogP contribution in [0.4, 0.5) is 5.82 Å². The van der Waals surface area contributed by atoms with Crippen LogP contribution in [0.15, 0.2) is 18.2 Å². The molecule has 0 saturated heterocycles. The predicted molar refractivity (Wildman–Crippen MR) is 83.1 cm³/mol. The van der Waals surface area contributed by atoms with Crippen LogP contribution >= 0.6 is 0 Å². The topological polar surface area (TPSA) is 53.1 Å². The number of aromatic nitrogens is 2. The van der Waals surface area contributed by atoms with Crippen LogP contribution in [0.2, 0.25) is 0 Å². The smallest absolute Gasteiger partial charge is 0.129 e. The fourth-order valence-corrected chi connectivity index (χ4v) is 2.39. The van der Waals surface area contributed by atoms with Crippen LogP contribution in [0.25, 0.3) is 11.1 Å². The first-order valence-electron chi connectivity index (χ1n) is 6.96. The van der Waals surface area contributed by atoms with E-state index < -0.39 is 0 Å². The number of ether oxygens (including phenoxy) is 1. The normalized spacial score (nSPS) is 12.4. The van der Waals surface area contributed by atoms with Crippen molar-refractivity contribution >= 4 is 5.82 Å². The summed E-state index contributed by atoms with van der Waals surface area (Å²) in [4.78, 5) is 0. The van der Waals surface area contributed by atoms with Gasteiger partial charge < -0.3 is 10.5 Å². The van der Waals surface area contributed by atoms with Gasteiger partial charge in [0.25, 0.3) is 0 Å². The van der Waals surface area contributed by atoms with Gasteiger partial charge in [0.15, 0.2) is 0 Å². The van der Waals surface area contributed by atoms with Crippen molar-refractivity contribution in [2.75, 3.05) is 12.8 Å². The zero-order chi connectivity index (χ0) is 14.9. The third-order valence-corrected chi connectivity index (χ3v) is 3.82. The highest BCUT2D eigenvalue weighted by Gasteiger charge is 2.22. The summed E-state index contributed by atoms with van der Waals surface area (Å²) in [6.07, 6.45) is 1.03. The monoisotopic (exact) mass is 273 g/mol. The minimum Gasteiger partial charge on any atom is -0.496 e. The van der Waals surface area contributed by atoms with Crippen LogP contribution in [0.5, 0.6) is 5.75 Å². The quantitative estimate of drug-likeness (QED) is 0.927. The lowest BCUT2D eigenvalue weighted by molar-refractivity contribution is 0.416. The molecule has 0 aliphatic heterocycles. The number of nitrogens with two attached hydrogens (primary N) is 1. The Balaban J connectivity index is 2.71. The molecule has 1 heterocycles. The van der Waals surface area contributed by atoms with Gasteiger partial charge >= 0.3 is 0 Å². The number of methoxy groups -OCH3 is 1. The molecule has 0 fully saturated rings. The second kappa shape index (κ2) is 5.57. The average molecular weight is 273 g/mol. The summed E-state index contributed by atoms with van der Waals surface area (Å²) in [6, 6.07) is 6.13. The molecule has 0 saturated carbocycles. The van der Waals surface area contributed by atoms with Gasteiger partial charge in [-0.05, 0) is 25.5 Å². The van der Waals surface area contributed by atoms with E-state index in [4.69, 9.17) is 10.5 Å². The van der Waals surface area contributed by atoms with Gasteiger partial charge in [-0.1, -0.05) is 25.5 Å². The van der Waals surface area contributed by atoms with E-state index in [1.54, 1.807) is 11.8 Å². The lowest BCUT2D eigenvalue weighted by Crippen LogP contribution is -1.98. The SMILES string of the molecule is CCC(C)c1nn(C)c(N)c1-c1cc(C)ccc1OC. The summed E-state index contributed by atoms with van der Waals surface area (Å²) < 4.78 is 7.24. The molecule has 0 amide bonds. The Morgan fingerprint density at radius 1 is 1.40 bits per heavy atom. The Bertz CT molecular complexity index is 616. The summed E-state index contributed by atoms with van der Waals surface area (Å²) in [5, 5.41) is 4.60. The number of anilines is 1. The highest BCUT2D eigenvalue weighted by atomic mass is 16.5. The van der Waals surface area contributed by atoms with Crippen LogP contribution < -0.4 is 10.5 Å². The molecule has 2 rings (SSSR count). The number of nitrogen functional groups attached to an aromatic ring is 1. The van der Waals surface area contributed by atoms with E-state index in [1.165, 1.54) is 5.56 Å². The average Bonchev–Trinajstić information content (AvgIpc) is 2.74.